The maximum absolute atomic E-state index is 13.4. The summed E-state index contributed by atoms with van der Waals surface area (Å²) in [6.07, 6.45) is 4.60. The molecule has 0 aliphatic heterocycles. The fourth-order valence-corrected chi connectivity index (χ4v) is 1.92. The molecule has 1 aromatic heterocycles. The first-order chi connectivity index (χ1) is 8.54. The Labute approximate surface area is 104 Å². The molecule has 2 rings (SSSR count). The maximum Gasteiger partial charge on any atom is 0.129 e. The Bertz CT molecular complexity index is 537. The Kier molecular flexibility index (Phi) is 3.72. The predicted molar refractivity (Wildman–Crippen MR) is 64.9 cm³/mol. The van der Waals surface area contributed by atoms with E-state index in [1.165, 1.54) is 12.1 Å². The van der Waals surface area contributed by atoms with E-state index in [1.807, 2.05) is 13.2 Å². The van der Waals surface area contributed by atoms with E-state index in [0.29, 0.717) is 18.4 Å². The van der Waals surface area contributed by atoms with E-state index in [1.54, 1.807) is 10.9 Å². The average molecular weight is 251 g/mol. The fraction of sp³-hybridized carbons (Fsp3) is 0.308. The summed E-state index contributed by atoms with van der Waals surface area (Å²) in [5.41, 5.74) is 7.40. The summed E-state index contributed by atoms with van der Waals surface area (Å²) in [6, 6.07) is 3.35. The van der Waals surface area contributed by atoms with Crippen molar-refractivity contribution in [2.45, 2.75) is 18.9 Å². The van der Waals surface area contributed by atoms with Crippen LogP contribution in [0.5, 0.6) is 0 Å². The van der Waals surface area contributed by atoms with Gasteiger partial charge in [-0.15, -0.1) is 0 Å². The van der Waals surface area contributed by atoms with Gasteiger partial charge in [-0.25, -0.2) is 8.78 Å². The highest BCUT2D eigenvalue weighted by Crippen LogP contribution is 2.13. The van der Waals surface area contributed by atoms with Gasteiger partial charge in [-0.05, 0) is 30.0 Å². The van der Waals surface area contributed by atoms with Gasteiger partial charge in [-0.1, -0.05) is 6.07 Å². The topological polar surface area (TPSA) is 43.8 Å². The average Bonchev–Trinajstić information content (AvgIpc) is 2.68. The second-order valence-corrected chi connectivity index (χ2v) is 4.43. The molecule has 0 aliphatic rings. The van der Waals surface area contributed by atoms with Gasteiger partial charge in [0.1, 0.15) is 11.6 Å². The van der Waals surface area contributed by atoms with Crippen LogP contribution >= 0.6 is 0 Å². The number of hydrogen-bond donors (Lipinski definition) is 1. The minimum absolute atomic E-state index is 0.214. The number of nitrogens with two attached hydrogens (primary N) is 1. The quantitative estimate of drug-likeness (QED) is 0.900. The van der Waals surface area contributed by atoms with E-state index in [2.05, 4.69) is 5.10 Å². The van der Waals surface area contributed by atoms with E-state index >= 15 is 0 Å². The van der Waals surface area contributed by atoms with Gasteiger partial charge in [-0.3, -0.25) is 4.68 Å². The molecule has 2 aromatic rings. The van der Waals surface area contributed by atoms with Gasteiger partial charge in [-0.2, -0.15) is 5.10 Å². The van der Waals surface area contributed by atoms with Gasteiger partial charge >= 0.3 is 0 Å². The lowest BCUT2D eigenvalue weighted by Gasteiger charge is -2.11. The van der Waals surface area contributed by atoms with E-state index in [0.717, 1.165) is 11.6 Å². The van der Waals surface area contributed by atoms with Crippen LogP contribution in [0.4, 0.5) is 8.78 Å². The van der Waals surface area contributed by atoms with Crippen molar-refractivity contribution in [2.24, 2.45) is 12.8 Å². The molecule has 0 aliphatic carbocycles. The minimum atomic E-state index is -0.572. The molecule has 0 saturated heterocycles. The van der Waals surface area contributed by atoms with Crippen molar-refractivity contribution in [1.29, 1.82) is 0 Å². The van der Waals surface area contributed by atoms with Gasteiger partial charge in [0.2, 0.25) is 0 Å². The van der Waals surface area contributed by atoms with Crippen LogP contribution in [0.2, 0.25) is 0 Å². The number of nitrogens with zero attached hydrogens (tertiary/aromatic N) is 2. The van der Waals surface area contributed by atoms with Crippen LogP contribution in [-0.4, -0.2) is 15.8 Å². The lowest BCUT2D eigenvalue weighted by atomic mass is 10.0. The van der Waals surface area contributed by atoms with Crippen molar-refractivity contribution in [3.8, 4) is 0 Å². The first-order valence-corrected chi connectivity index (χ1v) is 5.71. The molecule has 2 N–H and O–H groups in total. The molecule has 1 unspecified atom stereocenters. The number of aromatic nitrogens is 2. The Morgan fingerprint density at radius 2 is 2.11 bits per heavy atom. The summed E-state index contributed by atoms with van der Waals surface area (Å²) in [6.45, 7) is 0. The fourth-order valence-electron chi connectivity index (χ4n) is 1.92. The van der Waals surface area contributed by atoms with Crippen molar-refractivity contribution in [2.75, 3.05) is 0 Å². The molecule has 1 atom stereocenters. The lowest BCUT2D eigenvalue weighted by molar-refractivity contribution is 0.558. The molecule has 1 heterocycles. The van der Waals surface area contributed by atoms with Crippen LogP contribution in [0.15, 0.2) is 30.6 Å². The molecular formula is C13H15F2N3. The molecule has 5 heteroatoms. The van der Waals surface area contributed by atoms with E-state index in [4.69, 9.17) is 5.73 Å². The molecule has 0 amide bonds. The standard InChI is InChI=1S/C13H15F2N3/c1-18-8-9(7-17-18)4-12(16)5-10-2-3-11(14)6-13(10)15/h2-3,6-8,12H,4-5,16H2,1H3. The molecular weight excluding hydrogens is 236 g/mol. The Morgan fingerprint density at radius 3 is 2.72 bits per heavy atom. The molecule has 18 heavy (non-hydrogen) atoms. The largest absolute Gasteiger partial charge is 0.327 e. The predicted octanol–water partition coefficient (Wildman–Crippen LogP) is 1.81. The Morgan fingerprint density at radius 1 is 1.33 bits per heavy atom. The van der Waals surface area contributed by atoms with Gasteiger partial charge < -0.3 is 5.73 Å². The molecule has 1 aromatic carbocycles. The monoisotopic (exact) mass is 251 g/mol. The van der Waals surface area contributed by atoms with Crippen molar-refractivity contribution < 1.29 is 8.78 Å². The second-order valence-electron chi connectivity index (χ2n) is 4.43. The molecule has 0 fully saturated rings. The first-order valence-electron chi connectivity index (χ1n) is 5.71. The Balaban J connectivity index is 2.00. The minimum Gasteiger partial charge on any atom is -0.327 e. The zero-order valence-electron chi connectivity index (χ0n) is 10.1. The van der Waals surface area contributed by atoms with Crippen molar-refractivity contribution in [3.63, 3.8) is 0 Å². The van der Waals surface area contributed by atoms with Crippen molar-refractivity contribution in [3.05, 3.63) is 53.4 Å². The van der Waals surface area contributed by atoms with Crippen LogP contribution in [0.1, 0.15) is 11.1 Å². The van der Waals surface area contributed by atoms with Crippen LogP contribution in [0, 0.1) is 11.6 Å². The van der Waals surface area contributed by atoms with Gasteiger partial charge in [0.05, 0.1) is 6.20 Å². The molecule has 0 spiro atoms. The third-order valence-electron chi connectivity index (χ3n) is 2.75. The summed E-state index contributed by atoms with van der Waals surface area (Å²) in [5, 5.41) is 4.04. The summed E-state index contributed by atoms with van der Waals surface area (Å²) < 4.78 is 27.9. The number of hydrogen-bond acceptors (Lipinski definition) is 2. The molecule has 3 nitrogen and oxygen atoms in total. The SMILES string of the molecule is Cn1cc(CC(N)Cc2ccc(F)cc2F)cn1. The summed E-state index contributed by atoms with van der Waals surface area (Å²) in [7, 11) is 1.83. The third-order valence-corrected chi connectivity index (χ3v) is 2.75. The van der Waals surface area contributed by atoms with Crippen LogP contribution in [-0.2, 0) is 19.9 Å². The zero-order valence-corrected chi connectivity index (χ0v) is 10.1. The summed E-state index contributed by atoms with van der Waals surface area (Å²) in [5.74, 6) is -1.12. The smallest absolute Gasteiger partial charge is 0.129 e. The summed E-state index contributed by atoms with van der Waals surface area (Å²) in [4.78, 5) is 0. The molecule has 96 valence electrons. The van der Waals surface area contributed by atoms with Crippen molar-refractivity contribution >= 4 is 0 Å². The number of halogens is 2. The first kappa shape index (κ1) is 12.7. The normalized spacial score (nSPS) is 12.7. The molecule has 0 bridgehead atoms. The second kappa shape index (κ2) is 5.27. The Hall–Kier alpha value is -1.75. The van der Waals surface area contributed by atoms with Crippen LogP contribution < -0.4 is 5.73 Å². The lowest BCUT2D eigenvalue weighted by Crippen LogP contribution is -2.25. The van der Waals surface area contributed by atoms with Gasteiger partial charge in [0.15, 0.2) is 0 Å². The number of benzene rings is 1. The maximum atomic E-state index is 13.4. The highest BCUT2D eigenvalue weighted by Gasteiger charge is 2.10. The van der Waals surface area contributed by atoms with E-state index in [-0.39, 0.29) is 6.04 Å². The molecule has 0 radical (unpaired) electrons. The van der Waals surface area contributed by atoms with Crippen LogP contribution in [0.3, 0.4) is 0 Å². The van der Waals surface area contributed by atoms with Gasteiger partial charge in [0.25, 0.3) is 0 Å². The zero-order chi connectivity index (χ0) is 13.1. The number of rotatable bonds is 4. The van der Waals surface area contributed by atoms with Gasteiger partial charge in [0, 0.05) is 25.4 Å². The van der Waals surface area contributed by atoms with E-state index in [9.17, 15) is 8.78 Å². The highest BCUT2D eigenvalue weighted by atomic mass is 19.1. The van der Waals surface area contributed by atoms with Crippen LogP contribution in [0.25, 0.3) is 0 Å². The van der Waals surface area contributed by atoms with Crippen molar-refractivity contribution in [1.82, 2.24) is 9.78 Å². The number of aryl methyl sites for hydroxylation is 1. The molecule has 0 saturated carbocycles. The highest BCUT2D eigenvalue weighted by molar-refractivity contribution is 5.20. The summed E-state index contributed by atoms with van der Waals surface area (Å²) >= 11 is 0. The van der Waals surface area contributed by atoms with E-state index < -0.39 is 11.6 Å². The third kappa shape index (κ3) is 3.13.